The zero-order valence-corrected chi connectivity index (χ0v) is 35.6. The summed E-state index contributed by atoms with van der Waals surface area (Å²) >= 11 is 1.61. The van der Waals surface area contributed by atoms with E-state index in [9.17, 15) is 9.59 Å². The molecule has 8 rings (SSSR count). The molecule has 0 bridgehead atoms. The molecule has 6 heterocycles. The van der Waals surface area contributed by atoms with Crippen LogP contribution >= 0.6 is 11.3 Å². The minimum absolute atomic E-state index is 0.141. The maximum absolute atomic E-state index is 16.9. The van der Waals surface area contributed by atoms with Gasteiger partial charge in [-0.2, -0.15) is 0 Å². The lowest BCUT2D eigenvalue weighted by Crippen LogP contribution is -2.51. The number of aryl methyl sites for hydroxylation is 1. The smallest absolute Gasteiger partial charge is 0.464 e. The van der Waals surface area contributed by atoms with Crippen molar-refractivity contribution in [3.05, 3.63) is 88.0 Å². The number of nitrogens with zero attached hydrogens (tertiary/aromatic N) is 2. The second-order valence-electron chi connectivity index (χ2n) is 17.1. The fourth-order valence-electron chi connectivity index (χ4n) is 8.44. The molecule has 0 saturated carbocycles. The SMILES string of the molecule is C=C(C)c1ccc(C2Oc3cc(-c4cc(CC)c(C5CCCN5C(=O)C(NC(=O)OC)C(C)C)[nH]4)cc(F)c3-c3cc4cc(B5OC(C)(C)C(C)(C)O5)ccc4n32)s1. The van der Waals surface area contributed by atoms with Gasteiger partial charge in [-0.15, -0.1) is 11.3 Å². The van der Waals surface area contributed by atoms with Crippen LogP contribution < -0.4 is 15.5 Å². The number of likely N-dealkylation sites (tertiary alicyclic amines) is 1. The van der Waals surface area contributed by atoms with Crippen molar-refractivity contribution in [2.75, 3.05) is 13.7 Å². The van der Waals surface area contributed by atoms with E-state index >= 15 is 4.39 Å². The highest BCUT2D eigenvalue weighted by atomic mass is 32.1. The summed E-state index contributed by atoms with van der Waals surface area (Å²) in [6.45, 7) is 20.7. The number of carbonyl (C=O) groups is 2. The van der Waals surface area contributed by atoms with Gasteiger partial charge in [0.25, 0.3) is 0 Å². The zero-order chi connectivity index (χ0) is 41.4. The monoisotopic (exact) mass is 806 g/mol. The average Bonchev–Trinajstić information content (AvgIpc) is 4.01. The van der Waals surface area contributed by atoms with E-state index in [0.29, 0.717) is 35.5 Å². The Kier molecular flexibility index (Phi) is 10.2. The maximum atomic E-state index is 16.9. The third-order valence-corrected chi connectivity index (χ3v) is 13.6. The first-order chi connectivity index (χ1) is 27.5. The van der Waals surface area contributed by atoms with Gasteiger partial charge in [-0.1, -0.05) is 39.5 Å². The molecule has 304 valence electrons. The number of nitrogens with one attached hydrogen (secondary N) is 2. The van der Waals surface area contributed by atoms with E-state index in [1.54, 1.807) is 17.4 Å². The van der Waals surface area contributed by atoms with Crippen LogP contribution in [0.25, 0.3) is 39.0 Å². The normalized spacial score (nSPS) is 19.9. The molecular formula is C45H52BFN4O6S. The van der Waals surface area contributed by atoms with Crippen molar-refractivity contribution >= 4 is 52.4 Å². The fraction of sp³-hybridized carbons (Fsp3) is 0.422. The number of halogens is 1. The molecule has 3 atom stereocenters. The maximum Gasteiger partial charge on any atom is 0.494 e. The molecule has 0 radical (unpaired) electrons. The highest BCUT2D eigenvalue weighted by Gasteiger charge is 2.52. The number of rotatable bonds is 9. The number of carbonyl (C=O) groups excluding carboxylic acids is 2. The number of ether oxygens (including phenoxy) is 2. The first-order valence-electron chi connectivity index (χ1n) is 20.2. The van der Waals surface area contributed by atoms with Crippen LogP contribution in [0, 0.1) is 11.7 Å². The van der Waals surface area contributed by atoms with Gasteiger partial charge >= 0.3 is 13.2 Å². The molecule has 3 unspecified atom stereocenters. The number of fused-ring (bicyclic) bond motifs is 5. The van der Waals surface area contributed by atoms with E-state index in [2.05, 4.69) is 52.6 Å². The van der Waals surface area contributed by atoms with E-state index < -0.39 is 42.5 Å². The second-order valence-corrected chi connectivity index (χ2v) is 18.2. The van der Waals surface area contributed by atoms with Crippen LogP contribution in [0.5, 0.6) is 5.75 Å². The molecule has 2 amide bonds. The number of alkyl carbamates (subject to hydrolysis) is 1. The Morgan fingerprint density at radius 3 is 2.48 bits per heavy atom. The van der Waals surface area contributed by atoms with Gasteiger partial charge in [-0.3, -0.25) is 9.36 Å². The molecule has 3 aliphatic rings. The summed E-state index contributed by atoms with van der Waals surface area (Å²) in [6, 6.07) is 16.8. The van der Waals surface area contributed by atoms with Crippen LogP contribution in [0.2, 0.25) is 0 Å². The van der Waals surface area contributed by atoms with Crippen molar-refractivity contribution in [1.29, 1.82) is 0 Å². The minimum Gasteiger partial charge on any atom is -0.464 e. The first kappa shape index (κ1) is 40.0. The van der Waals surface area contributed by atoms with Gasteiger partial charge in [0.1, 0.15) is 17.6 Å². The van der Waals surface area contributed by atoms with Crippen LogP contribution in [0.4, 0.5) is 9.18 Å². The van der Waals surface area contributed by atoms with E-state index in [1.165, 1.54) is 7.11 Å². The Morgan fingerprint density at radius 2 is 1.83 bits per heavy atom. The first-order valence-corrected chi connectivity index (χ1v) is 21.0. The van der Waals surface area contributed by atoms with Crippen molar-refractivity contribution in [1.82, 2.24) is 19.8 Å². The van der Waals surface area contributed by atoms with Crippen molar-refractivity contribution in [3.8, 4) is 28.3 Å². The number of aromatic amines is 1. The number of aromatic nitrogens is 2. The standard InChI is InChI=1S/C45H52BFN4O6S/c1-11-26-21-31(48-40(26)33-13-12-18-50(33)41(52)39(25(4)5)49-43(53)54-10)27-20-30(47)38-34-22-28-19-29(46-56-44(6,7)45(8,9)57-46)14-15-32(28)51(34)42(55-35(38)23-27)37-17-16-36(58-37)24(2)3/h14-17,19-23,25,33,39,42,48H,2,11-13,18H2,1,3-10H3,(H,49,53). The van der Waals surface area contributed by atoms with Crippen molar-refractivity contribution in [2.45, 2.75) is 104 Å². The van der Waals surface area contributed by atoms with Gasteiger partial charge < -0.3 is 34.0 Å². The third-order valence-electron chi connectivity index (χ3n) is 12.3. The molecule has 2 fully saturated rings. The zero-order valence-electron chi connectivity index (χ0n) is 34.7. The molecule has 2 saturated heterocycles. The topological polar surface area (TPSA) is 107 Å². The molecule has 13 heteroatoms. The fourth-order valence-corrected chi connectivity index (χ4v) is 9.40. The molecule has 3 aliphatic heterocycles. The van der Waals surface area contributed by atoms with E-state index in [-0.39, 0.29) is 17.9 Å². The van der Waals surface area contributed by atoms with Crippen LogP contribution in [0.3, 0.4) is 0 Å². The molecule has 0 spiro atoms. The summed E-state index contributed by atoms with van der Waals surface area (Å²) in [5, 5.41) is 3.65. The summed E-state index contributed by atoms with van der Waals surface area (Å²) < 4.78 is 43.4. The van der Waals surface area contributed by atoms with Gasteiger partial charge in [-0.05, 0) is 119 Å². The number of H-pyrrole nitrogens is 1. The summed E-state index contributed by atoms with van der Waals surface area (Å²) in [4.78, 5) is 33.6. The van der Waals surface area contributed by atoms with Crippen molar-refractivity contribution in [2.24, 2.45) is 5.92 Å². The van der Waals surface area contributed by atoms with E-state index in [0.717, 1.165) is 61.5 Å². The van der Waals surface area contributed by atoms with Crippen LogP contribution in [0.1, 0.15) is 102 Å². The van der Waals surface area contributed by atoms with Crippen LogP contribution in [-0.2, 0) is 25.3 Å². The number of thiophene rings is 1. The highest BCUT2D eigenvalue weighted by molar-refractivity contribution is 7.13. The Labute approximate surface area is 343 Å². The molecule has 5 aromatic rings. The van der Waals surface area contributed by atoms with Crippen LogP contribution in [-0.4, -0.2) is 64.5 Å². The Bertz CT molecular complexity index is 2430. The number of hydrogen-bond donors (Lipinski definition) is 2. The molecular weight excluding hydrogens is 754 g/mol. The summed E-state index contributed by atoms with van der Waals surface area (Å²) in [5.74, 6) is -0.262. The predicted octanol–water partition coefficient (Wildman–Crippen LogP) is 9.38. The van der Waals surface area contributed by atoms with Crippen molar-refractivity contribution in [3.63, 3.8) is 0 Å². The lowest BCUT2D eigenvalue weighted by Gasteiger charge is -2.32. The summed E-state index contributed by atoms with van der Waals surface area (Å²) in [6.07, 6.45) is 1.09. The average molecular weight is 807 g/mol. The Balaban J connectivity index is 1.19. The lowest BCUT2D eigenvalue weighted by molar-refractivity contribution is -0.135. The van der Waals surface area contributed by atoms with E-state index in [1.807, 2.05) is 77.6 Å². The van der Waals surface area contributed by atoms with Gasteiger partial charge in [0.2, 0.25) is 12.1 Å². The number of amides is 2. The quantitative estimate of drug-likeness (QED) is 0.144. The van der Waals surface area contributed by atoms with Gasteiger partial charge in [0.05, 0.1) is 46.0 Å². The molecule has 0 aliphatic carbocycles. The molecule has 10 nitrogen and oxygen atoms in total. The Hall–Kier alpha value is -4.85. The number of allylic oxidation sites excluding steroid dienone is 1. The Morgan fingerprint density at radius 1 is 1.09 bits per heavy atom. The number of hydrogen-bond acceptors (Lipinski definition) is 7. The van der Waals surface area contributed by atoms with Crippen LogP contribution in [0.15, 0.2) is 61.2 Å². The van der Waals surface area contributed by atoms with Gasteiger partial charge in [0.15, 0.2) is 0 Å². The largest absolute Gasteiger partial charge is 0.494 e. The molecule has 2 aromatic carbocycles. The minimum atomic E-state index is -0.729. The summed E-state index contributed by atoms with van der Waals surface area (Å²) in [7, 11) is 0.750. The molecule has 3 aromatic heterocycles. The number of methoxy groups -OCH3 is 1. The predicted molar refractivity (Wildman–Crippen MR) is 228 cm³/mol. The highest BCUT2D eigenvalue weighted by Crippen LogP contribution is 2.49. The second kappa shape index (κ2) is 14.8. The third kappa shape index (κ3) is 6.74. The number of benzene rings is 2. The van der Waals surface area contributed by atoms with Gasteiger partial charge in [-0.25, -0.2) is 9.18 Å². The lowest BCUT2D eigenvalue weighted by atomic mass is 9.78. The van der Waals surface area contributed by atoms with Gasteiger partial charge in [0, 0.05) is 33.8 Å². The molecule has 2 N–H and O–H groups in total. The summed E-state index contributed by atoms with van der Waals surface area (Å²) in [5.41, 5.74) is 6.21. The van der Waals surface area contributed by atoms with Crippen molar-refractivity contribution < 1.29 is 32.8 Å². The molecule has 58 heavy (non-hydrogen) atoms. The van der Waals surface area contributed by atoms with E-state index in [4.69, 9.17) is 18.8 Å².